The molecule has 2 aromatic carbocycles. The number of hydrogen-bond acceptors (Lipinski definition) is 5. The molecule has 2 heterocycles. The van der Waals surface area contributed by atoms with Crippen molar-refractivity contribution in [2.24, 2.45) is 5.41 Å². The Morgan fingerprint density at radius 1 is 1.00 bits per heavy atom. The Morgan fingerprint density at radius 3 is 2.39 bits per heavy atom. The Morgan fingerprint density at radius 2 is 1.68 bits per heavy atom. The minimum Gasteiger partial charge on any atom is -0.362 e. The second kappa shape index (κ2) is 7.01. The minimum absolute atomic E-state index is 0.0768. The lowest BCUT2D eigenvalue weighted by atomic mass is 9.84. The molecule has 1 fully saturated rings. The molecule has 4 nitrogen and oxygen atoms in total. The maximum atomic E-state index is 13.5. The monoisotopic (exact) mass is 413 g/mol. The third kappa shape index (κ3) is 3.35. The molecule has 0 aliphatic carbocycles. The number of rotatable bonds is 3. The predicted molar refractivity (Wildman–Crippen MR) is 115 cm³/mol. The molecule has 0 N–H and O–H groups in total. The van der Waals surface area contributed by atoms with Crippen molar-refractivity contribution in [2.45, 2.75) is 36.5 Å². The van der Waals surface area contributed by atoms with Crippen LogP contribution in [0.2, 0.25) is 0 Å². The van der Waals surface area contributed by atoms with Gasteiger partial charge in [0.2, 0.25) is 15.3 Å². The summed E-state index contributed by atoms with van der Waals surface area (Å²) in [4.78, 5) is 15.5. The van der Waals surface area contributed by atoms with E-state index in [0.29, 0.717) is 10.4 Å². The van der Waals surface area contributed by atoms with Crippen LogP contribution in [-0.4, -0.2) is 21.5 Å². The molecule has 4 rings (SSSR count). The van der Waals surface area contributed by atoms with E-state index >= 15 is 0 Å². The smallest absolute Gasteiger partial charge is 0.213 e. The normalized spacial score (nSPS) is 17.0. The number of benzene rings is 2. The number of hydrogen-bond donors (Lipinski definition) is 0. The summed E-state index contributed by atoms with van der Waals surface area (Å²) in [6, 6.07) is 15.5. The number of nitrogens with zero attached hydrogens (tertiary/aromatic N) is 1. The highest BCUT2D eigenvalue weighted by molar-refractivity contribution is 7.91. The summed E-state index contributed by atoms with van der Waals surface area (Å²) in [5.41, 5.74) is -0.329. The Balaban J connectivity index is 2.01. The molecule has 1 saturated heterocycles. The van der Waals surface area contributed by atoms with Crippen molar-refractivity contribution in [3.8, 4) is 0 Å². The van der Waals surface area contributed by atoms with Gasteiger partial charge in [0.25, 0.3) is 0 Å². The summed E-state index contributed by atoms with van der Waals surface area (Å²) in [5, 5.41) is 1.03. The van der Waals surface area contributed by atoms with Crippen LogP contribution in [0.1, 0.15) is 26.7 Å². The molecule has 28 heavy (non-hydrogen) atoms. The second-order valence-electron chi connectivity index (χ2n) is 8.07. The molecule has 0 amide bonds. The average Bonchev–Trinajstić information content (AvgIpc) is 2.67. The average molecular weight is 414 g/mol. The largest absolute Gasteiger partial charge is 0.362 e. The Bertz CT molecular complexity index is 1180. The Hall–Kier alpha value is -2.18. The highest BCUT2D eigenvalue weighted by Crippen LogP contribution is 2.39. The topological polar surface area (TPSA) is 54.5 Å². The first-order valence-electron chi connectivity index (χ1n) is 9.41. The molecule has 0 radical (unpaired) electrons. The molecule has 1 aliphatic rings. The van der Waals surface area contributed by atoms with E-state index in [1.165, 1.54) is 11.3 Å². The maximum absolute atomic E-state index is 13.5. The van der Waals surface area contributed by atoms with E-state index in [-0.39, 0.29) is 15.2 Å². The standard InChI is InChI=1S/C22H23NO3S2/c1-22(2)13-8-14-23(15-22)21-20(28(25,26)16-9-4-3-5-10-16)19(24)17-11-6-7-12-18(17)27-21/h3-7,9-12H,8,13-15H2,1-2H3. The van der Waals surface area contributed by atoms with Crippen LogP contribution in [0.5, 0.6) is 0 Å². The fourth-order valence-corrected chi connectivity index (χ4v) is 6.89. The summed E-state index contributed by atoms with van der Waals surface area (Å²) in [5.74, 6) is 0. The minimum atomic E-state index is -3.92. The van der Waals surface area contributed by atoms with Crippen molar-refractivity contribution in [1.82, 2.24) is 0 Å². The zero-order valence-corrected chi connectivity index (χ0v) is 17.6. The predicted octanol–water partition coefficient (Wildman–Crippen LogP) is 4.72. The van der Waals surface area contributed by atoms with E-state index in [2.05, 4.69) is 18.7 Å². The third-order valence-electron chi connectivity index (χ3n) is 5.25. The first-order chi connectivity index (χ1) is 13.3. The van der Waals surface area contributed by atoms with Crippen LogP contribution in [0.4, 0.5) is 5.00 Å². The van der Waals surface area contributed by atoms with E-state index in [9.17, 15) is 13.2 Å². The van der Waals surface area contributed by atoms with Crippen molar-refractivity contribution in [3.05, 3.63) is 64.8 Å². The Kier molecular flexibility index (Phi) is 4.79. The van der Waals surface area contributed by atoms with E-state index < -0.39 is 15.3 Å². The zero-order chi connectivity index (χ0) is 19.9. The van der Waals surface area contributed by atoms with Crippen LogP contribution in [-0.2, 0) is 9.84 Å². The van der Waals surface area contributed by atoms with Crippen LogP contribution >= 0.6 is 11.3 Å². The van der Waals surface area contributed by atoms with Crippen LogP contribution in [0.3, 0.4) is 0 Å². The molecule has 146 valence electrons. The lowest BCUT2D eigenvalue weighted by molar-refractivity contribution is 0.293. The van der Waals surface area contributed by atoms with E-state index in [0.717, 1.165) is 30.6 Å². The third-order valence-corrected chi connectivity index (χ3v) is 8.42. The second-order valence-corrected chi connectivity index (χ2v) is 11.0. The molecule has 3 aromatic rings. The van der Waals surface area contributed by atoms with Gasteiger partial charge in [-0.2, -0.15) is 0 Å². The summed E-state index contributed by atoms with van der Waals surface area (Å²) in [6.45, 7) is 5.87. The van der Waals surface area contributed by atoms with Gasteiger partial charge in [0.15, 0.2) is 4.90 Å². The van der Waals surface area contributed by atoms with Gasteiger partial charge >= 0.3 is 0 Å². The molecular weight excluding hydrogens is 390 g/mol. The van der Waals surface area contributed by atoms with E-state index in [4.69, 9.17) is 0 Å². The molecule has 6 heteroatoms. The SMILES string of the molecule is CC1(C)CCCN(c2sc3ccccc3c(=O)c2S(=O)(=O)c2ccccc2)C1. The van der Waals surface area contributed by atoms with Crippen molar-refractivity contribution in [2.75, 3.05) is 18.0 Å². The number of piperidine rings is 1. The molecule has 1 aromatic heterocycles. The van der Waals surface area contributed by atoms with E-state index in [1.54, 1.807) is 42.5 Å². The summed E-state index contributed by atoms with van der Waals surface area (Å²) < 4.78 is 27.8. The van der Waals surface area contributed by atoms with Gasteiger partial charge in [0.1, 0.15) is 5.00 Å². The lowest BCUT2D eigenvalue weighted by Crippen LogP contribution is -2.41. The van der Waals surface area contributed by atoms with Crippen LogP contribution < -0.4 is 10.3 Å². The fourth-order valence-electron chi connectivity index (χ4n) is 3.87. The number of sulfone groups is 1. The molecule has 0 spiro atoms. The fraction of sp³-hybridized carbons (Fsp3) is 0.318. The molecule has 0 saturated carbocycles. The maximum Gasteiger partial charge on any atom is 0.213 e. The quantitative estimate of drug-likeness (QED) is 0.623. The van der Waals surface area contributed by atoms with Gasteiger partial charge in [-0.3, -0.25) is 4.79 Å². The zero-order valence-electron chi connectivity index (χ0n) is 16.0. The van der Waals surface area contributed by atoms with Gasteiger partial charge in [-0.1, -0.05) is 44.2 Å². The summed E-state index contributed by atoms with van der Waals surface area (Å²) >= 11 is 1.40. The van der Waals surface area contributed by atoms with Gasteiger partial charge in [-0.25, -0.2) is 8.42 Å². The van der Waals surface area contributed by atoms with Gasteiger partial charge < -0.3 is 4.90 Å². The highest BCUT2D eigenvalue weighted by atomic mass is 32.2. The summed E-state index contributed by atoms with van der Waals surface area (Å²) in [6.07, 6.45) is 2.07. The van der Waals surface area contributed by atoms with Crippen molar-refractivity contribution < 1.29 is 8.42 Å². The van der Waals surface area contributed by atoms with Crippen molar-refractivity contribution in [3.63, 3.8) is 0 Å². The molecular formula is C22H23NO3S2. The van der Waals surface area contributed by atoms with Crippen LogP contribution in [0.25, 0.3) is 10.1 Å². The lowest BCUT2D eigenvalue weighted by Gasteiger charge is -2.39. The molecule has 0 bridgehead atoms. The first-order valence-corrected chi connectivity index (χ1v) is 11.7. The van der Waals surface area contributed by atoms with Gasteiger partial charge in [-0.15, -0.1) is 11.3 Å². The Labute approximate surface area is 169 Å². The number of fused-ring (bicyclic) bond motifs is 1. The van der Waals surface area contributed by atoms with Crippen LogP contribution in [0, 0.1) is 5.41 Å². The van der Waals surface area contributed by atoms with Crippen molar-refractivity contribution >= 4 is 36.3 Å². The van der Waals surface area contributed by atoms with E-state index in [1.807, 2.05) is 12.1 Å². The van der Waals surface area contributed by atoms with Gasteiger partial charge in [-0.05, 0) is 42.5 Å². The molecule has 0 unspecified atom stereocenters. The van der Waals surface area contributed by atoms with Crippen LogP contribution in [0.15, 0.2) is 69.2 Å². The van der Waals surface area contributed by atoms with Gasteiger partial charge in [0.05, 0.1) is 4.90 Å². The molecule has 1 aliphatic heterocycles. The molecule has 0 atom stereocenters. The highest BCUT2D eigenvalue weighted by Gasteiger charge is 2.33. The van der Waals surface area contributed by atoms with Crippen molar-refractivity contribution in [1.29, 1.82) is 0 Å². The number of anilines is 1. The first kappa shape index (κ1) is 19.2. The summed E-state index contributed by atoms with van der Waals surface area (Å²) in [7, 11) is -3.92. The van der Waals surface area contributed by atoms with Gasteiger partial charge in [0, 0.05) is 23.2 Å².